The number of benzene rings is 1. The van der Waals surface area contributed by atoms with Crippen LogP contribution >= 0.6 is 12.2 Å². The fourth-order valence-corrected chi connectivity index (χ4v) is 2.21. The van der Waals surface area contributed by atoms with Gasteiger partial charge in [0.25, 0.3) is 0 Å². The molecule has 0 saturated heterocycles. The van der Waals surface area contributed by atoms with Gasteiger partial charge < -0.3 is 4.74 Å². The highest BCUT2D eigenvalue weighted by Gasteiger charge is 2.02. The van der Waals surface area contributed by atoms with Gasteiger partial charge in [-0.15, -0.1) is 0 Å². The zero-order chi connectivity index (χ0) is 13.9. The highest BCUT2D eigenvalue weighted by Crippen LogP contribution is 2.11. The Labute approximate surface area is 123 Å². The van der Waals surface area contributed by atoms with Gasteiger partial charge in [0.05, 0.1) is 6.61 Å². The summed E-state index contributed by atoms with van der Waals surface area (Å²) in [6.45, 7) is 5.16. The lowest BCUT2D eigenvalue weighted by molar-refractivity contribution is 0.302. The third kappa shape index (κ3) is 6.72. The molecule has 0 aliphatic heterocycles. The van der Waals surface area contributed by atoms with Crippen LogP contribution in [0.5, 0.6) is 0 Å². The van der Waals surface area contributed by atoms with E-state index in [4.69, 9.17) is 17.0 Å². The van der Waals surface area contributed by atoms with Crippen LogP contribution < -0.4 is 0 Å². The number of unbranched alkanes of at least 4 members (excludes halogenated alkanes) is 4. The second-order valence-electron chi connectivity index (χ2n) is 5.00. The fraction of sp³-hybridized carbons (Fsp3) is 0.588. The molecular weight excluding hydrogens is 252 g/mol. The minimum absolute atomic E-state index is 0.635. The Morgan fingerprint density at radius 3 is 2.21 bits per heavy atom. The minimum atomic E-state index is 0.635. The van der Waals surface area contributed by atoms with Gasteiger partial charge in [0, 0.05) is 5.56 Å². The Morgan fingerprint density at radius 2 is 1.58 bits per heavy atom. The number of rotatable bonds is 9. The van der Waals surface area contributed by atoms with Crippen LogP contribution in [0.4, 0.5) is 0 Å². The first-order chi connectivity index (χ1) is 9.27. The average molecular weight is 278 g/mol. The molecule has 0 aliphatic rings. The summed E-state index contributed by atoms with van der Waals surface area (Å²) < 4.78 is 5.60. The molecule has 1 rings (SSSR count). The zero-order valence-corrected chi connectivity index (χ0v) is 13.1. The molecule has 0 radical (unpaired) electrons. The molecule has 0 atom stereocenters. The lowest BCUT2D eigenvalue weighted by Crippen LogP contribution is -2.05. The van der Waals surface area contributed by atoms with Gasteiger partial charge in [-0.25, -0.2) is 0 Å². The van der Waals surface area contributed by atoms with E-state index in [1.165, 1.54) is 37.7 Å². The van der Waals surface area contributed by atoms with Crippen molar-refractivity contribution in [2.45, 2.75) is 58.8 Å². The topological polar surface area (TPSA) is 9.23 Å². The van der Waals surface area contributed by atoms with E-state index in [0.29, 0.717) is 5.05 Å². The molecule has 2 heteroatoms. The highest BCUT2D eigenvalue weighted by molar-refractivity contribution is 7.80. The van der Waals surface area contributed by atoms with Crippen LogP contribution in [0.25, 0.3) is 0 Å². The van der Waals surface area contributed by atoms with E-state index >= 15 is 0 Å². The van der Waals surface area contributed by atoms with Crippen LogP contribution in [0.2, 0.25) is 0 Å². The van der Waals surface area contributed by atoms with Gasteiger partial charge in [-0.2, -0.15) is 0 Å². The summed E-state index contributed by atoms with van der Waals surface area (Å²) in [5, 5.41) is 0.635. The normalized spacial score (nSPS) is 10.4. The Kier molecular flexibility index (Phi) is 8.48. The average Bonchev–Trinajstić information content (AvgIpc) is 2.44. The Morgan fingerprint density at radius 1 is 0.947 bits per heavy atom. The number of hydrogen-bond acceptors (Lipinski definition) is 2. The molecule has 0 aliphatic carbocycles. The van der Waals surface area contributed by atoms with Gasteiger partial charge in [-0.05, 0) is 37.0 Å². The molecule has 0 spiro atoms. The number of aryl methyl sites for hydroxylation is 1. The van der Waals surface area contributed by atoms with Crippen molar-refractivity contribution in [2.75, 3.05) is 6.61 Å². The quantitative estimate of drug-likeness (QED) is 0.447. The summed E-state index contributed by atoms with van der Waals surface area (Å²) in [5.41, 5.74) is 2.43. The van der Waals surface area contributed by atoms with Crippen molar-refractivity contribution in [2.24, 2.45) is 0 Å². The molecule has 0 fully saturated rings. The largest absolute Gasteiger partial charge is 0.483 e. The maximum absolute atomic E-state index is 5.60. The first kappa shape index (κ1) is 16.2. The highest BCUT2D eigenvalue weighted by atomic mass is 32.1. The molecule has 1 aromatic carbocycles. The van der Waals surface area contributed by atoms with Gasteiger partial charge in [-0.3, -0.25) is 0 Å². The maximum Gasteiger partial charge on any atom is 0.191 e. The summed E-state index contributed by atoms with van der Waals surface area (Å²) in [6.07, 6.45) is 8.52. The number of hydrogen-bond donors (Lipinski definition) is 0. The smallest absolute Gasteiger partial charge is 0.191 e. The molecule has 0 N–H and O–H groups in total. The lowest BCUT2D eigenvalue weighted by atomic mass is 10.1. The van der Waals surface area contributed by atoms with Crippen molar-refractivity contribution >= 4 is 17.3 Å². The van der Waals surface area contributed by atoms with Gasteiger partial charge in [0.15, 0.2) is 5.05 Å². The van der Waals surface area contributed by atoms with Gasteiger partial charge in [0.2, 0.25) is 0 Å². The van der Waals surface area contributed by atoms with E-state index in [1.54, 1.807) is 0 Å². The number of ether oxygens (including phenoxy) is 1. The maximum atomic E-state index is 5.60. The summed E-state index contributed by atoms with van der Waals surface area (Å²) in [5.74, 6) is 0. The Hall–Kier alpha value is -0.890. The van der Waals surface area contributed by atoms with Crippen LogP contribution in [0.3, 0.4) is 0 Å². The molecule has 19 heavy (non-hydrogen) atoms. The van der Waals surface area contributed by atoms with Gasteiger partial charge in [-0.1, -0.05) is 63.8 Å². The number of thiocarbonyl (C=S) groups is 1. The van der Waals surface area contributed by atoms with E-state index in [9.17, 15) is 0 Å². The van der Waals surface area contributed by atoms with Crippen molar-refractivity contribution in [1.29, 1.82) is 0 Å². The molecule has 0 bridgehead atoms. The molecule has 0 aromatic heterocycles. The lowest BCUT2D eigenvalue weighted by Gasteiger charge is -2.08. The van der Waals surface area contributed by atoms with Crippen LogP contribution in [-0.4, -0.2) is 11.7 Å². The molecule has 106 valence electrons. The van der Waals surface area contributed by atoms with E-state index < -0.39 is 0 Å². The molecular formula is C17H26OS. The summed E-state index contributed by atoms with van der Waals surface area (Å²) in [6, 6.07) is 8.52. The second-order valence-corrected chi connectivity index (χ2v) is 5.37. The van der Waals surface area contributed by atoms with Gasteiger partial charge >= 0.3 is 0 Å². The molecule has 1 nitrogen and oxygen atoms in total. The van der Waals surface area contributed by atoms with Crippen molar-refractivity contribution in [1.82, 2.24) is 0 Å². The zero-order valence-electron chi connectivity index (χ0n) is 12.3. The van der Waals surface area contributed by atoms with Crippen LogP contribution in [-0.2, 0) is 11.2 Å². The first-order valence-electron chi connectivity index (χ1n) is 7.54. The summed E-state index contributed by atoms with van der Waals surface area (Å²) in [4.78, 5) is 0. The van der Waals surface area contributed by atoms with E-state index in [0.717, 1.165) is 25.0 Å². The van der Waals surface area contributed by atoms with E-state index in [1.807, 2.05) is 0 Å². The third-order valence-electron chi connectivity index (χ3n) is 3.24. The van der Waals surface area contributed by atoms with E-state index in [-0.39, 0.29) is 0 Å². The summed E-state index contributed by atoms with van der Waals surface area (Å²) >= 11 is 5.30. The van der Waals surface area contributed by atoms with Crippen LogP contribution in [0.1, 0.15) is 63.5 Å². The molecule has 0 amide bonds. The van der Waals surface area contributed by atoms with Crippen molar-refractivity contribution < 1.29 is 4.74 Å². The van der Waals surface area contributed by atoms with Crippen molar-refractivity contribution in [3.05, 3.63) is 35.4 Å². The SMILES string of the molecule is CCCCCOC(=S)c1ccc(CCCCC)cc1. The standard InChI is InChI=1S/C17H26OS/c1-3-5-7-9-15-10-12-16(13-11-15)17(19)18-14-8-6-4-2/h10-13H,3-9,14H2,1-2H3. The van der Waals surface area contributed by atoms with Crippen molar-refractivity contribution in [3.63, 3.8) is 0 Å². The van der Waals surface area contributed by atoms with Crippen molar-refractivity contribution in [3.8, 4) is 0 Å². The first-order valence-corrected chi connectivity index (χ1v) is 7.94. The third-order valence-corrected chi connectivity index (χ3v) is 3.59. The minimum Gasteiger partial charge on any atom is -0.483 e. The predicted molar refractivity (Wildman–Crippen MR) is 86.8 cm³/mol. The summed E-state index contributed by atoms with van der Waals surface area (Å²) in [7, 11) is 0. The van der Waals surface area contributed by atoms with Crippen LogP contribution in [0, 0.1) is 0 Å². The Bertz CT molecular complexity index is 356. The van der Waals surface area contributed by atoms with Gasteiger partial charge in [0.1, 0.15) is 0 Å². The van der Waals surface area contributed by atoms with Crippen LogP contribution in [0.15, 0.2) is 24.3 Å². The monoisotopic (exact) mass is 278 g/mol. The van der Waals surface area contributed by atoms with E-state index in [2.05, 4.69) is 38.1 Å². The Balaban J connectivity index is 2.35. The molecule has 0 saturated carbocycles. The fourth-order valence-electron chi connectivity index (χ4n) is 1.99. The second kappa shape index (κ2) is 9.96. The molecule has 0 heterocycles. The molecule has 1 aromatic rings. The predicted octanol–water partition coefficient (Wildman–Crippen LogP) is 5.30. The molecule has 0 unspecified atom stereocenters.